The molecule has 3 heterocycles. The first-order valence-corrected chi connectivity index (χ1v) is 15.2. The summed E-state index contributed by atoms with van der Waals surface area (Å²) in [4.78, 5) is 35.6. The Hall–Kier alpha value is -4.19. The molecule has 3 aliphatic rings. The Morgan fingerprint density at radius 2 is 1.84 bits per heavy atom. The van der Waals surface area contributed by atoms with Gasteiger partial charge in [-0.05, 0) is 73.1 Å². The van der Waals surface area contributed by atoms with Gasteiger partial charge in [-0.2, -0.15) is 8.78 Å². The summed E-state index contributed by atoms with van der Waals surface area (Å²) in [7, 11) is 1.92. The first kappa shape index (κ1) is 34.3. The number of aromatic nitrogens is 1. The van der Waals surface area contributed by atoms with Gasteiger partial charge in [0.05, 0.1) is 17.3 Å². The van der Waals surface area contributed by atoms with E-state index in [1.807, 2.05) is 24.1 Å². The number of carbonyl (C=O) groups is 2. The monoisotopic (exact) mass is 606 g/mol. The third-order valence-electron chi connectivity index (χ3n) is 8.03. The predicted molar refractivity (Wildman–Crippen MR) is 171 cm³/mol. The van der Waals surface area contributed by atoms with Crippen LogP contribution in [0.25, 0.3) is 0 Å². The van der Waals surface area contributed by atoms with E-state index in [0.29, 0.717) is 44.1 Å². The molecule has 2 aromatic rings. The normalized spacial score (nSPS) is 18.0. The summed E-state index contributed by atoms with van der Waals surface area (Å²) in [5.74, 6) is -2.87. The molecule has 1 aromatic carbocycles. The topological polar surface area (TPSA) is 77.0 Å². The third kappa shape index (κ3) is 7.85. The van der Waals surface area contributed by atoms with Crippen LogP contribution in [0.3, 0.4) is 0 Å². The number of phenols is 1. The van der Waals surface area contributed by atoms with Crippen LogP contribution in [0.4, 0.5) is 14.5 Å². The summed E-state index contributed by atoms with van der Waals surface area (Å²) in [6.45, 7) is 9.85. The Labute approximate surface area is 260 Å². The zero-order valence-corrected chi connectivity index (χ0v) is 26.2. The van der Waals surface area contributed by atoms with Crippen LogP contribution >= 0.6 is 0 Å². The van der Waals surface area contributed by atoms with Crippen molar-refractivity contribution in [2.24, 2.45) is 0 Å². The zero-order chi connectivity index (χ0) is 32.6. The highest BCUT2D eigenvalue weighted by Gasteiger charge is 2.38. The highest BCUT2D eigenvalue weighted by atomic mass is 19.3. The SMILES string of the molecule is C#C.C=CC(=O)N1CCCC2=C(N(C)c3ccc(C4CC4)cc3O)CCN(C(=O)c3ccc(C(C)(F)F)nc3)C2C1.CCC. The average Bonchev–Trinajstić information content (AvgIpc) is 3.88. The maximum Gasteiger partial charge on any atom is 0.286 e. The molecule has 9 heteroatoms. The average molecular weight is 607 g/mol. The molecule has 1 N–H and O–H groups in total. The van der Waals surface area contributed by atoms with E-state index in [1.54, 1.807) is 9.80 Å². The van der Waals surface area contributed by atoms with E-state index in [2.05, 4.69) is 44.3 Å². The van der Waals surface area contributed by atoms with Gasteiger partial charge < -0.3 is 19.8 Å². The molecular formula is C35H44F2N4O3. The van der Waals surface area contributed by atoms with Gasteiger partial charge in [-0.15, -0.1) is 12.8 Å². The third-order valence-corrected chi connectivity index (χ3v) is 8.03. The number of aromatic hydroxyl groups is 1. The number of benzene rings is 1. The van der Waals surface area contributed by atoms with E-state index in [0.717, 1.165) is 43.0 Å². The summed E-state index contributed by atoms with van der Waals surface area (Å²) < 4.78 is 27.4. The van der Waals surface area contributed by atoms with Gasteiger partial charge in [-0.1, -0.05) is 32.9 Å². The first-order chi connectivity index (χ1) is 21.0. The van der Waals surface area contributed by atoms with Gasteiger partial charge >= 0.3 is 0 Å². The molecule has 1 aliphatic carbocycles. The maximum absolute atomic E-state index is 13.7. The van der Waals surface area contributed by atoms with Crippen LogP contribution in [0.15, 0.2) is 60.5 Å². The second kappa shape index (κ2) is 15.0. The number of fused-ring (bicyclic) bond motifs is 1. The number of amides is 2. The summed E-state index contributed by atoms with van der Waals surface area (Å²) in [6.07, 6.45) is 16.0. The molecule has 1 unspecified atom stereocenters. The van der Waals surface area contributed by atoms with Gasteiger partial charge in [0.2, 0.25) is 5.91 Å². The Bertz CT molecular complexity index is 1380. The molecule has 7 nitrogen and oxygen atoms in total. The van der Waals surface area contributed by atoms with E-state index in [9.17, 15) is 23.5 Å². The zero-order valence-electron chi connectivity index (χ0n) is 26.2. The number of anilines is 1. The van der Waals surface area contributed by atoms with Crippen molar-refractivity contribution in [3.05, 3.63) is 77.3 Å². The molecule has 1 aromatic heterocycles. The standard InChI is InChI=1S/C30H34F2N4O3.C3H8.C2H2/c1-4-28(38)35-14-5-6-22-23(34(3)24-11-9-20(16-26(24)37)19-7-8-19)13-15-36(25(22)18-35)29(39)21-10-12-27(33-17-21)30(2,31)32;1-3-2;1-2/h4,9-12,16-17,19,25,37H,1,5-8,13-15,18H2,2-3H3;3H2,1-2H3;1-2H. The lowest BCUT2D eigenvalue weighted by atomic mass is 9.92. The fourth-order valence-corrected chi connectivity index (χ4v) is 5.74. The van der Waals surface area contributed by atoms with Crippen molar-refractivity contribution < 1.29 is 23.5 Å². The second-order valence-electron chi connectivity index (χ2n) is 11.4. The van der Waals surface area contributed by atoms with Crippen LogP contribution < -0.4 is 4.90 Å². The van der Waals surface area contributed by atoms with Gasteiger partial charge in [-0.3, -0.25) is 14.6 Å². The Kier molecular flexibility index (Phi) is 11.7. The quantitative estimate of drug-likeness (QED) is 0.287. The first-order valence-electron chi connectivity index (χ1n) is 15.2. The number of carbonyl (C=O) groups excluding carboxylic acids is 2. The lowest BCUT2D eigenvalue weighted by molar-refractivity contribution is -0.126. The lowest BCUT2D eigenvalue weighted by Crippen LogP contribution is -2.51. The number of nitrogens with zero attached hydrogens (tertiary/aromatic N) is 4. The van der Waals surface area contributed by atoms with Crippen molar-refractivity contribution in [3.8, 4) is 18.6 Å². The van der Waals surface area contributed by atoms with Crippen LogP contribution in [-0.2, 0) is 10.7 Å². The second-order valence-corrected chi connectivity index (χ2v) is 11.4. The van der Waals surface area contributed by atoms with E-state index in [1.165, 1.54) is 30.8 Å². The molecule has 1 saturated heterocycles. The van der Waals surface area contributed by atoms with Gasteiger partial charge in [-0.25, -0.2) is 0 Å². The molecule has 0 radical (unpaired) electrons. The minimum absolute atomic E-state index is 0.200. The Morgan fingerprint density at radius 3 is 2.39 bits per heavy atom. The minimum atomic E-state index is -3.10. The minimum Gasteiger partial charge on any atom is -0.506 e. The van der Waals surface area contributed by atoms with Crippen molar-refractivity contribution in [1.29, 1.82) is 0 Å². The number of hydrogen-bond donors (Lipinski definition) is 1. The van der Waals surface area contributed by atoms with Crippen molar-refractivity contribution in [1.82, 2.24) is 14.8 Å². The maximum atomic E-state index is 13.7. The van der Waals surface area contributed by atoms with E-state index in [-0.39, 0.29) is 23.1 Å². The van der Waals surface area contributed by atoms with Crippen LogP contribution in [0.2, 0.25) is 0 Å². The van der Waals surface area contributed by atoms with Crippen LogP contribution in [0, 0.1) is 12.8 Å². The van der Waals surface area contributed by atoms with Gasteiger partial charge in [0.15, 0.2) is 0 Å². The lowest BCUT2D eigenvalue weighted by Gasteiger charge is -2.42. The number of halogens is 2. The molecule has 236 valence electrons. The van der Waals surface area contributed by atoms with Gasteiger partial charge in [0.25, 0.3) is 11.8 Å². The number of likely N-dealkylation sites (tertiary alicyclic amines) is 1. The summed E-state index contributed by atoms with van der Waals surface area (Å²) in [6, 6.07) is 8.02. The molecule has 2 amide bonds. The number of phenolic OH excluding ortho intramolecular Hbond substituents is 1. The number of terminal acetylenes is 1. The fourth-order valence-electron chi connectivity index (χ4n) is 5.74. The Balaban J connectivity index is 0.000000997. The van der Waals surface area contributed by atoms with E-state index >= 15 is 0 Å². The van der Waals surface area contributed by atoms with Crippen LogP contribution in [-0.4, -0.2) is 64.4 Å². The molecule has 44 heavy (non-hydrogen) atoms. The largest absolute Gasteiger partial charge is 0.506 e. The number of hydrogen-bond acceptors (Lipinski definition) is 5. The smallest absolute Gasteiger partial charge is 0.286 e. The number of rotatable bonds is 6. The molecule has 1 atom stereocenters. The molecular weight excluding hydrogens is 562 g/mol. The van der Waals surface area contributed by atoms with Crippen LogP contribution in [0.5, 0.6) is 5.75 Å². The molecule has 0 spiro atoms. The molecule has 2 fully saturated rings. The van der Waals surface area contributed by atoms with Gasteiger partial charge in [0, 0.05) is 51.9 Å². The van der Waals surface area contributed by atoms with Crippen molar-refractivity contribution in [3.63, 3.8) is 0 Å². The van der Waals surface area contributed by atoms with E-state index < -0.39 is 17.7 Å². The van der Waals surface area contributed by atoms with Crippen molar-refractivity contribution in [2.75, 3.05) is 31.6 Å². The highest BCUT2D eigenvalue weighted by molar-refractivity contribution is 5.95. The van der Waals surface area contributed by atoms with Crippen molar-refractivity contribution in [2.45, 2.75) is 77.2 Å². The molecule has 1 saturated carbocycles. The summed E-state index contributed by atoms with van der Waals surface area (Å²) in [5.41, 5.74) is 3.72. The van der Waals surface area contributed by atoms with Crippen molar-refractivity contribution >= 4 is 17.5 Å². The van der Waals surface area contributed by atoms with E-state index in [4.69, 9.17) is 0 Å². The predicted octanol–water partition coefficient (Wildman–Crippen LogP) is 6.86. The van der Waals surface area contributed by atoms with Crippen LogP contribution in [0.1, 0.15) is 86.8 Å². The molecule has 2 aliphatic heterocycles. The fraction of sp³-hybridized carbons (Fsp3) is 0.457. The summed E-state index contributed by atoms with van der Waals surface area (Å²) in [5, 5.41) is 10.9. The highest BCUT2D eigenvalue weighted by Crippen LogP contribution is 2.44. The summed E-state index contributed by atoms with van der Waals surface area (Å²) >= 11 is 0. The molecule has 5 rings (SSSR count). The molecule has 0 bridgehead atoms. The Morgan fingerprint density at radius 1 is 1.16 bits per heavy atom. The number of pyridine rings is 1. The van der Waals surface area contributed by atoms with Gasteiger partial charge in [0.1, 0.15) is 11.4 Å². The number of alkyl halides is 2.